The molecule has 0 unspecified atom stereocenters. The first-order valence-electron chi connectivity index (χ1n) is 5.92. The third-order valence-electron chi connectivity index (χ3n) is 3.14. The lowest BCUT2D eigenvalue weighted by Crippen LogP contribution is -1.99. The molecule has 1 aromatic heterocycles. The second-order valence-electron chi connectivity index (χ2n) is 4.50. The van der Waals surface area contributed by atoms with Gasteiger partial charge in [0.25, 0.3) is 0 Å². The van der Waals surface area contributed by atoms with Gasteiger partial charge in [0, 0.05) is 34.4 Å². The fourth-order valence-corrected chi connectivity index (χ4v) is 2.38. The van der Waals surface area contributed by atoms with E-state index in [4.69, 9.17) is 17.3 Å². The van der Waals surface area contributed by atoms with Gasteiger partial charge in [0.15, 0.2) is 0 Å². The summed E-state index contributed by atoms with van der Waals surface area (Å²) in [7, 11) is 0. The molecule has 0 aliphatic heterocycles. The molecular weight excluding hydrogens is 263 g/mol. The minimum absolute atomic E-state index is 0.278. The summed E-state index contributed by atoms with van der Waals surface area (Å²) in [4.78, 5) is 0. The van der Waals surface area contributed by atoms with E-state index in [0.29, 0.717) is 11.6 Å². The molecule has 0 spiro atoms. The number of aromatic nitrogens is 1. The molecular formula is C15H12ClFN2. The lowest BCUT2D eigenvalue weighted by atomic mass is 10.2. The highest BCUT2D eigenvalue weighted by molar-refractivity contribution is 6.31. The SMILES string of the molecule is Nc1ccc2c(ccn2Cc2cc(F)ccc2Cl)c1. The number of rotatable bonds is 2. The second kappa shape index (κ2) is 4.59. The third-order valence-corrected chi connectivity index (χ3v) is 3.51. The zero-order chi connectivity index (χ0) is 13.4. The molecule has 3 aromatic rings. The van der Waals surface area contributed by atoms with Crippen LogP contribution in [-0.4, -0.2) is 4.57 Å². The average Bonchev–Trinajstić information content (AvgIpc) is 2.76. The van der Waals surface area contributed by atoms with E-state index >= 15 is 0 Å². The molecule has 0 bridgehead atoms. The van der Waals surface area contributed by atoms with Crippen molar-refractivity contribution in [2.45, 2.75) is 6.54 Å². The summed E-state index contributed by atoms with van der Waals surface area (Å²) < 4.78 is 15.3. The highest BCUT2D eigenvalue weighted by Crippen LogP contribution is 2.23. The van der Waals surface area contributed by atoms with Gasteiger partial charge < -0.3 is 10.3 Å². The molecule has 0 saturated heterocycles. The number of halogens is 2. The molecule has 0 saturated carbocycles. The van der Waals surface area contributed by atoms with E-state index in [-0.39, 0.29) is 5.82 Å². The summed E-state index contributed by atoms with van der Waals surface area (Å²) in [6.45, 7) is 0.532. The largest absolute Gasteiger partial charge is 0.399 e. The van der Waals surface area contributed by atoms with Crippen LogP contribution in [0, 0.1) is 5.82 Å². The zero-order valence-corrected chi connectivity index (χ0v) is 10.9. The number of nitrogen functional groups attached to an aromatic ring is 1. The molecule has 2 nitrogen and oxygen atoms in total. The van der Waals surface area contributed by atoms with E-state index < -0.39 is 0 Å². The van der Waals surface area contributed by atoms with Gasteiger partial charge in [-0.05, 0) is 48.0 Å². The number of anilines is 1. The highest BCUT2D eigenvalue weighted by atomic mass is 35.5. The predicted molar refractivity (Wildman–Crippen MR) is 76.9 cm³/mol. The summed E-state index contributed by atoms with van der Waals surface area (Å²) in [5.41, 5.74) is 8.29. The van der Waals surface area contributed by atoms with Crippen LogP contribution in [0.25, 0.3) is 10.9 Å². The fraction of sp³-hybridized carbons (Fsp3) is 0.0667. The Bertz CT molecular complexity index is 749. The summed E-state index contributed by atoms with van der Waals surface area (Å²) in [6, 6.07) is 12.1. The molecule has 0 aliphatic rings. The fourth-order valence-electron chi connectivity index (χ4n) is 2.20. The molecule has 2 aromatic carbocycles. The molecule has 0 atom stereocenters. The predicted octanol–water partition coefficient (Wildman–Crippen LogP) is 4.06. The molecule has 0 fully saturated rings. The van der Waals surface area contributed by atoms with Crippen LogP contribution in [-0.2, 0) is 6.54 Å². The molecule has 0 radical (unpaired) electrons. The summed E-state index contributed by atoms with van der Waals surface area (Å²) in [6.07, 6.45) is 1.95. The minimum Gasteiger partial charge on any atom is -0.399 e. The van der Waals surface area contributed by atoms with Gasteiger partial charge in [0.05, 0.1) is 0 Å². The van der Waals surface area contributed by atoms with Crippen LogP contribution in [0.3, 0.4) is 0 Å². The molecule has 2 N–H and O–H groups in total. The van der Waals surface area contributed by atoms with Crippen LogP contribution >= 0.6 is 11.6 Å². The molecule has 96 valence electrons. The number of nitrogens with zero attached hydrogens (tertiary/aromatic N) is 1. The minimum atomic E-state index is -0.278. The van der Waals surface area contributed by atoms with Crippen LogP contribution in [0.2, 0.25) is 5.02 Å². The van der Waals surface area contributed by atoms with Gasteiger partial charge in [-0.15, -0.1) is 0 Å². The Morgan fingerprint density at radius 3 is 2.79 bits per heavy atom. The van der Waals surface area contributed by atoms with E-state index in [0.717, 1.165) is 22.2 Å². The number of hydrogen-bond donors (Lipinski definition) is 1. The van der Waals surface area contributed by atoms with Crippen LogP contribution in [0.15, 0.2) is 48.7 Å². The lowest BCUT2D eigenvalue weighted by molar-refractivity contribution is 0.624. The van der Waals surface area contributed by atoms with Gasteiger partial charge >= 0.3 is 0 Å². The Morgan fingerprint density at radius 2 is 1.95 bits per heavy atom. The first-order valence-corrected chi connectivity index (χ1v) is 6.29. The van der Waals surface area contributed by atoms with Crippen molar-refractivity contribution in [3.63, 3.8) is 0 Å². The van der Waals surface area contributed by atoms with Crippen molar-refractivity contribution in [1.82, 2.24) is 4.57 Å². The Balaban J connectivity index is 2.03. The van der Waals surface area contributed by atoms with E-state index in [1.807, 2.05) is 35.0 Å². The van der Waals surface area contributed by atoms with Crippen molar-refractivity contribution in [1.29, 1.82) is 0 Å². The van der Waals surface area contributed by atoms with Crippen LogP contribution in [0.4, 0.5) is 10.1 Å². The van der Waals surface area contributed by atoms with Crippen molar-refractivity contribution >= 4 is 28.2 Å². The quantitative estimate of drug-likeness (QED) is 0.702. The maximum Gasteiger partial charge on any atom is 0.123 e. The number of fused-ring (bicyclic) bond motifs is 1. The topological polar surface area (TPSA) is 30.9 Å². The van der Waals surface area contributed by atoms with Gasteiger partial charge in [-0.2, -0.15) is 0 Å². The summed E-state index contributed by atoms with van der Waals surface area (Å²) in [5, 5.41) is 1.63. The van der Waals surface area contributed by atoms with Gasteiger partial charge in [-0.1, -0.05) is 11.6 Å². The number of hydrogen-bond acceptors (Lipinski definition) is 1. The number of nitrogens with two attached hydrogens (primary N) is 1. The molecule has 0 amide bonds. The highest BCUT2D eigenvalue weighted by Gasteiger charge is 2.06. The van der Waals surface area contributed by atoms with E-state index in [1.165, 1.54) is 12.1 Å². The van der Waals surface area contributed by atoms with Gasteiger partial charge in [0.2, 0.25) is 0 Å². The monoisotopic (exact) mass is 274 g/mol. The van der Waals surface area contributed by atoms with Crippen molar-refractivity contribution in [2.24, 2.45) is 0 Å². The van der Waals surface area contributed by atoms with Crippen LogP contribution in [0.5, 0.6) is 0 Å². The van der Waals surface area contributed by atoms with Gasteiger partial charge in [-0.25, -0.2) is 4.39 Å². The molecule has 0 aliphatic carbocycles. The van der Waals surface area contributed by atoms with Crippen molar-refractivity contribution in [2.75, 3.05) is 5.73 Å². The normalized spacial score (nSPS) is 11.1. The molecule has 1 heterocycles. The summed E-state index contributed by atoms with van der Waals surface area (Å²) >= 11 is 6.09. The van der Waals surface area contributed by atoms with Crippen LogP contribution in [0.1, 0.15) is 5.56 Å². The maximum absolute atomic E-state index is 13.3. The molecule has 3 rings (SSSR count). The van der Waals surface area contributed by atoms with Gasteiger partial charge in [0.1, 0.15) is 5.82 Å². The Kier molecular flexibility index (Phi) is 2.91. The smallest absolute Gasteiger partial charge is 0.123 e. The second-order valence-corrected chi connectivity index (χ2v) is 4.90. The third kappa shape index (κ3) is 2.29. The van der Waals surface area contributed by atoms with Crippen LogP contribution < -0.4 is 5.73 Å². The molecule has 19 heavy (non-hydrogen) atoms. The first-order chi connectivity index (χ1) is 9.13. The Morgan fingerprint density at radius 1 is 1.11 bits per heavy atom. The number of benzene rings is 2. The van der Waals surface area contributed by atoms with E-state index in [1.54, 1.807) is 6.07 Å². The van der Waals surface area contributed by atoms with Crippen molar-refractivity contribution in [3.05, 3.63) is 65.1 Å². The van der Waals surface area contributed by atoms with E-state index in [9.17, 15) is 4.39 Å². The standard InChI is InChI=1S/C15H12ClFN2/c16-14-3-1-12(17)7-11(14)9-19-6-5-10-8-13(18)2-4-15(10)19/h1-8H,9,18H2. The molecule has 4 heteroatoms. The average molecular weight is 275 g/mol. The van der Waals surface area contributed by atoms with Crippen molar-refractivity contribution in [3.8, 4) is 0 Å². The Hall–Kier alpha value is -2.00. The summed E-state index contributed by atoms with van der Waals surface area (Å²) in [5.74, 6) is -0.278. The maximum atomic E-state index is 13.3. The lowest BCUT2D eigenvalue weighted by Gasteiger charge is -2.08. The van der Waals surface area contributed by atoms with Crippen molar-refractivity contribution < 1.29 is 4.39 Å². The Labute approximate surface area is 115 Å². The van der Waals surface area contributed by atoms with E-state index in [2.05, 4.69) is 0 Å². The first kappa shape index (κ1) is 12.1. The zero-order valence-electron chi connectivity index (χ0n) is 10.1. The van der Waals surface area contributed by atoms with Gasteiger partial charge in [-0.3, -0.25) is 0 Å².